The van der Waals surface area contributed by atoms with Gasteiger partial charge in [0.25, 0.3) is 0 Å². The van der Waals surface area contributed by atoms with E-state index >= 15 is 0 Å². The molecule has 0 aliphatic heterocycles. The third kappa shape index (κ3) is 76.1. The van der Waals surface area contributed by atoms with Crippen LogP contribution in [-0.4, -0.2) is 96.7 Å². The third-order valence-electron chi connectivity index (χ3n) is 19.1. The first kappa shape index (κ1) is 99.1. The van der Waals surface area contributed by atoms with Crippen molar-refractivity contribution in [2.45, 2.75) is 446 Å². The molecule has 101 heavy (non-hydrogen) atoms. The van der Waals surface area contributed by atoms with Gasteiger partial charge in [0.15, 0.2) is 12.2 Å². The van der Waals surface area contributed by atoms with Crippen molar-refractivity contribution in [3.63, 3.8) is 0 Å². The summed E-state index contributed by atoms with van der Waals surface area (Å²) >= 11 is 0. The van der Waals surface area contributed by atoms with Gasteiger partial charge in [0.05, 0.1) is 26.4 Å². The minimum Gasteiger partial charge on any atom is -0.462 e. The molecule has 0 aromatic carbocycles. The largest absolute Gasteiger partial charge is 0.472 e. The second-order valence-electron chi connectivity index (χ2n) is 30.9. The van der Waals surface area contributed by atoms with Crippen LogP contribution in [-0.2, 0) is 65.4 Å². The Morgan fingerprint density at radius 3 is 0.673 bits per heavy atom. The average molecular weight is 1480 g/mol. The molecule has 0 fully saturated rings. The van der Waals surface area contributed by atoms with E-state index in [-0.39, 0.29) is 25.7 Å². The highest BCUT2D eigenvalue weighted by molar-refractivity contribution is 7.47. The number of hydrogen-bond acceptors (Lipinski definition) is 15. The van der Waals surface area contributed by atoms with Crippen molar-refractivity contribution in [2.75, 3.05) is 39.6 Å². The number of aliphatic hydroxyl groups excluding tert-OH is 1. The predicted molar refractivity (Wildman–Crippen MR) is 414 cm³/mol. The molecule has 0 radical (unpaired) electrons. The lowest BCUT2D eigenvalue weighted by Gasteiger charge is -2.21. The van der Waals surface area contributed by atoms with Crippen LogP contribution in [0.25, 0.3) is 0 Å². The molecule has 19 heteroatoms. The molecule has 2 unspecified atom stereocenters. The fourth-order valence-electron chi connectivity index (χ4n) is 12.7. The molecule has 0 bridgehead atoms. The molecule has 0 heterocycles. The third-order valence-corrected chi connectivity index (χ3v) is 21.0. The van der Waals surface area contributed by atoms with Gasteiger partial charge in [-0.3, -0.25) is 37.3 Å². The maximum absolute atomic E-state index is 13.1. The van der Waals surface area contributed by atoms with Gasteiger partial charge in [0, 0.05) is 25.7 Å². The van der Waals surface area contributed by atoms with E-state index in [2.05, 4.69) is 48.5 Å². The zero-order chi connectivity index (χ0) is 74.4. The molecular formula is C82H160O17P2. The Bertz CT molecular complexity index is 1960. The van der Waals surface area contributed by atoms with Crippen molar-refractivity contribution < 1.29 is 80.2 Å². The second-order valence-corrected chi connectivity index (χ2v) is 33.8. The van der Waals surface area contributed by atoms with E-state index in [9.17, 15) is 43.2 Å². The number of carbonyl (C=O) groups is 4. The number of hydrogen-bond donors (Lipinski definition) is 3. The van der Waals surface area contributed by atoms with E-state index < -0.39 is 97.5 Å². The first-order valence-corrected chi connectivity index (χ1v) is 45.3. The highest BCUT2D eigenvalue weighted by atomic mass is 31.2. The summed E-state index contributed by atoms with van der Waals surface area (Å²) in [5, 5.41) is 10.6. The Labute approximate surface area is 619 Å². The van der Waals surface area contributed by atoms with Crippen LogP contribution in [0.1, 0.15) is 427 Å². The number of aliphatic hydroxyl groups is 1. The molecule has 0 aromatic rings. The molecule has 0 rings (SSSR count). The SMILES string of the molecule is CCCCCCCCCCCCCCCC(=O)O[C@H](COC(=O)CCCCCCCCCCCC(C)C)COP(=O)(O)OC[C@H](O)COP(=O)(O)OC[C@@H](COC(=O)CCCCCCCCCCCCCCC(C)C)OC(=O)CCCCCCCCCCCCCCCCCCCCC(C)C. The Balaban J connectivity index is 5.24. The Kier molecular flexibility index (Phi) is 70.9. The highest BCUT2D eigenvalue weighted by Crippen LogP contribution is 2.45. The van der Waals surface area contributed by atoms with Crippen LogP contribution in [0.15, 0.2) is 0 Å². The number of phosphoric acid groups is 2. The molecular weight excluding hydrogens is 1320 g/mol. The summed E-state index contributed by atoms with van der Waals surface area (Å²) in [4.78, 5) is 73.1. The van der Waals surface area contributed by atoms with Gasteiger partial charge in [-0.25, -0.2) is 9.13 Å². The summed E-state index contributed by atoms with van der Waals surface area (Å²) in [5.74, 6) is 0.238. The van der Waals surface area contributed by atoms with Crippen LogP contribution >= 0.6 is 15.6 Å². The second kappa shape index (κ2) is 72.3. The van der Waals surface area contributed by atoms with Crippen LogP contribution in [0, 0.1) is 17.8 Å². The molecule has 600 valence electrons. The van der Waals surface area contributed by atoms with E-state index in [0.717, 1.165) is 108 Å². The van der Waals surface area contributed by atoms with E-state index in [1.807, 2.05) is 0 Å². The van der Waals surface area contributed by atoms with Gasteiger partial charge in [-0.05, 0) is 43.4 Å². The number of carbonyl (C=O) groups excluding carboxylic acids is 4. The van der Waals surface area contributed by atoms with Crippen LogP contribution < -0.4 is 0 Å². The van der Waals surface area contributed by atoms with Gasteiger partial charge in [0.1, 0.15) is 19.3 Å². The van der Waals surface area contributed by atoms with Crippen LogP contribution in [0.2, 0.25) is 0 Å². The van der Waals surface area contributed by atoms with Crippen LogP contribution in [0.4, 0.5) is 0 Å². The van der Waals surface area contributed by atoms with Crippen molar-refractivity contribution in [1.29, 1.82) is 0 Å². The van der Waals surface area contributed by atoms with E-state index in [0.29, 0.717) is 25.7 Å². The number of esters is 4. The summed E-state index contributed by atoms with van der Waals surface area (Å²) in [7, 11) is -9.92. The number of rotatable bonds is 80. The highest BCUT2D eigenvalue weighted by Gasteiger charge is 2.30. The summed E-state index contributed by atoms with van der Waals surface area (Å²) in [6, 6.07) is 0. The lowest BCUT2D eigenvalue weighted by atomic mass is 10.0. The Morgan fingerprint density at radius 2 is 0.455 bits per heavy atom. The summed E-state index contributed by atoms with van der Waals surface area (Å²) in [5.41, 5.74) is 0. The lowest BCUT2D eigenvalue weighted by Crippen LogP contribution is -2.30. The topological polar surface area (TPSA) is 237 Å². The molecule has 0 amide bonds. The molecule has 17 nitrogen and oxygen atoms in total. The normalized spacial score (nSPS) is 14.0. The smallest absolute Gasteiger partial charge is 0.462 e. The molecule has 0 aliphatic rings. The Morgan fingerprint density at radius 1 is 0.267 bits per heavy atom. The lowest BCUT2D eigenvalue weighted by molar-refractivity contribution is -0.161. The monoisotopic (exact) mass is 1480 g/mol. The predicted octanol–water partition coefficient (Wildman–Crippen LogP) is 24.5. The Hall–Kier alpha value is -1.94. The summed E-state index contributed by atoms with van der Waals surface area (Å²) < 4.78 is 68.8. The molecule has 0 saturated heterocycles. The van der Waals surface area contributed by atoms with Crippen molar-refractivity contribution in [2.24, 2.45) is 17.8 Å². The fraction of sp³-hybridized carbons (Fsp3) is 0.951. The summed E-state index contributed by atoms with van der Waals surface area (Å²) in [6.45, 7) is 12.0. The zero-order valence-electron chi connectivity index (χ0n) is 66.4. The van der Waals surface area contributed by atoms with Crippen LogP contribution in [0.3, 0.4) is 0 Å². The molecule has 0 aliphatic carbocycles. The minimum atomic E-state index is -4.96. The maximum Gasteiger partial charge on any atom is 0.472 e. The van der Waals surface area contributed by atoms with Crippen LogP contribution in [0.5, 0.6) is 0 Å². The zero-order valence-corrected chi connectivity index (χ0v) is 68.2. The van der Waals surface area contributed by atoms with Crippen molar-refractivity contribution in [1.82, 2.24) is 0 Å². The number of phosphoric ester groups is 2. The van der Waals surface area contributed by atoms with Crippen molar-refractivity contribution in [3.8, 4) is 0 Å². The molecule has 0 aromatic heterocycles. The van der Waals surface area contributed by atoms with Gasteiger partial charge in [-0.1, -0.05) is 376 Å². The average Bonchev–Trinajstić information content (AvgIpc) is 0.991. The quantitative estimate of drug-likeness (QED) is 0.0222. The minimum absolute atomic E-state index is 0.107. The summed E-state index contributed by atoms with van der Waals surface area (Å²) in [6.07, 6.45) is 61.0. The van der Waals surface area contributed by atoms with Gasteiger partial charge in [-0.2, -0.15) is 0 Å². The van der Waals surface area contributed by atoms with Gasteiger partial charge >= 0.3 is 39.5 Å². The van der Waals surface area contributed by atoms with E-state index in [1.165, 1.54) is 238 Å². The fourth-order valence-corrected chi connectivity index (χ4v) is 14.2. The molecule has 3 N–H and O–H groups in total. The van der Waals surface area contributed by atoms with Gasteiger partial charge < -0.3 is 33.8 Å². The van der Waals surface area contributed by atoms with Crippen molar-refractivity contribution in [3.05, 3.63) is 0 Å². The number of unbranched alkanes of at least 4 members (excludes halogenated alkanes) is 48. The first-order chi connectivity index (χ1) is 48.7. The standard InChI is InChI=1S/C82H160O17P2/c1-8-9-10-11-12-13-14-21-29-36-44-51-58-65-81(86)99-78(70-93-80(85)64-57-50-43-38-31-34-41-48-55-62-75(6)7)72-97-101(90,91)95-68-76(83)67-94-100(88,89)96-71-77(69-92-79(84)63-56-49-42-35-28-25-24-27-33-40-47-54-61-74(4)5)98-82(87)66-59-52-45-37-30-23-20-18-16-15-17-19-22-26-32-39-46-53-60-73(2)3/h73-78,83H,8-72H2,1-7H3,(H,88,89)(H,90,91)/t76-,77-,78-/m1/s1. The molecule has 5 atom stereocenters. The first-order valence-electron chi connectivity index (χ1n) is 42.3. The van der Waals surface area contributed by atoms with E-state index in [1.54, 1.807) is 0 Å². The van der Waals surface area contributed by atoms with E-state index in [4.69, 9.17) is 37.0 Å². The molecule has 0 saturated carbocycles. The maximum atomic E-state index is 13.1. The number of ether oxygens (including phenoxy) is 4. The molecule has 0 spiro atoms. The van der Waals surface area contributed by atoms with Gasteiger partial charge in [-0.15, -0.1) is 0 Å². The van der Waals surface area contributed by atoms with Crippen molar-refractivity contribution >= 4 is 39.5 Å². The van der Waals surface area contributed by atoms with Gasteiger partial charge in [0.2, 0.25) is 0 Å².